The van der Waals surface area contributed by atoms with E-state index in [2.05, 4.69) is 27.1 Å². The normalized spacial score (nSPS) is 10.5. The minimum absolute atomic E-state index is 0.153. The highest BCUT2D eigenvalue weighted by atomic mass is 16.5. The summed E-state index contributed by atoms with van der Waals surface area (Å²) < 4.78 is 7.05. The lowest BCUT2D eigenvalue weighted by molar-refractivity contribution is -0.121. The highest BCUT2D eigenvalue weighted by Gasteiger charge is 2.05. The first kappa shape index (κ1) is 20.1. The van der Waals surface area contributed by atoms with E-state index in [1.165, 1.54) is 10.9 Å². The van der Waals surface area contributed by atoms with E-state index in [0.717, 1.165) is 10.9 Å². The van der Waals surface area contributed by atoms with Crippen molar-refractivity contribution >= 4 is 27.7 Å². The van der Waals surface area contributed by atoms with Gasteiger partial charge >= 0.3 is 0 Å². The SMILES string of the molecule is O=C(CCn1cnc2ccccc2c1=O)NCC#CCOc1ccc2cccnc2c1. The summed E-state index contributed by atoms with van der Waals surface area (Å²) in [5.41, 5.74) is 1.35. The summed E-state index contributed by atoms with van der Waals surface area (Å²) in [6.45, 7) is 0.688. The molecule has 2 aromatic carbocycles. The second kappa shape index (κ2) is 9.55. The van der Waals surface area contributed by atoms with Crippen molar-refractivity contribution in [3.8, 4) is 17.6 Å². The number of para-hydroxylation sites is 1. The maximum absolute atomic E-state index is 12.4. The summed E-state index contributed by atoms with van der Waals surface area (Å²) >= 11 is 0. The fourth-order valence-corrected chi connectivity index (χ4v) is 3.09. The molecule has 4 aromatic rings. The van der Waals surface area contributed by atoms with Gasteiger partial charge in [-0.05, 0) is 30.3 Å². The molecular weight excluding hydrogens is 392 g/mol. The van der Waals surface area contributed by atoms with Gasteiger partial charge in [0.1, 0.15) is 12.4 Å². The summed E-state index contributed by atoms with van der Waals surface area (Å²) in [4.78, 5) is 33.0. The predicted molar refractivity (Wildman–Crippen MR) is 119 cm³/mol. The van der Waals surface area contributed by atoms with Gasteiger partial charge in [-0.3, -0.25) is 19.1 Å². The summed E-state index contributed by atoms with van der Waals surface area (Å²) in [5, 5.41) is 4.31. The molecule has 0 aliphatic rings. The van der Waals surface area contributed by atoms with Crippen LogP contribution in [0.15, 0.2) is 71.9 Å². The van der Waals surface area contributed by atoms with E-state index in [0.29, 0.717) is 16.7 Å². The van der Waals surface area contributed by atoms with Gasteiger partial charge in [-0.15, -0.1) is 0 Å². The Hall–Kier alpha value is -4.18. The first-order valence-electron chi connectivity index (χ1n) is 9.85. The Labute approximate surface area is 178 Å². The molecule has 1 N–H and O–H groups in total. The monoisotopic (exact) mass is 412 g/mol. The van der Waals surface area contributed by atoms with Crippen molar-refractivity contribution in [2.75, 3.05) is 13.2 Å². The van der Waals surface area contributed by atoms with Crippen molar-refractivity contribution in [1.29, 1.82) is 0 Å². The molecule has 0 spiro atoms. The number of pyridine rings is 1. The predicted octanol–water partition coefficient (Wildman–Crippen LogP) is 2.53. The number of fused-ring (bicyclic) bond motifs is 2. The molecule has 0 saturated heterocycles. The number of carbonyl (C=O) groups is 1. The van der Waals surface area contributed by atoms with Gasteiger partial charge in [0.2, 0.25) is 5.91 Å². The average molecular weight is 412 g/mol. The summed E-state index contributed by atoms with van der Waals surface area (Å²) in [5.74, 6) is 6.23. The third-order valence-electron chi connectivity index (χ3n) is 4.70. The molecule has 7 nitrogen and oxygen atoms in total. The number of rotatable bonds is 6. The van der Waals surface area contributed by atoms with Crippen molar-refractivity contribution in [3.05, 3.63) is 77.5 Å². The van der Waals surface area contributed by atoms with Gasteiger partial charge in [-0.2, -0.15) is 0 Å². The van der Waals surface area contributed by atoms with E-state index in [1.54, 1.807) is 24.4 Å². The molecule has 0 radical (unpaired) electrons. The van der Waals surface area contributed by atoms with Crippen molar-refractivity contribution < 1.29 is 9.53 Å². The molecule has 2 heterocycles. The van der Waals surface area contributed by atoms with Crippen LogP contribution in [0.3, 0.4) is 0 Å². The van der Waals surface area contributed by atoms with E-state index < -0.39 is 0 Å². The Kier molecular flexibility index (Phi) is 6.19. The number of ether oxygens (including phenoxy) is 1. The summed E-state index contributed by atoms with van der Waals surface area (Å²) in [7, 11) is 0. The largest absolute Gasteiger partial charge is 0.481 e. The molecule has 0 aliphatic carbocycles. The number of hydrogen-bond acceptors (Lipinski definition) is 5. The van der Waals surface area contributed by atoms with Gasteiger partial charge in [0.05, 0.1) is 29.3 Å². The topological polar surface area (TPSA) is 86.1 Å². The first-order chi connectivity index (χ1) is 15.2. The van der Waals surface area contributed by atoms with E-state index in [1.807, 2.05) is 36.4 Å². The lowest BCUT2D eigenvalue weighted by atomic mass is 10.2. The smallest absolute Gasteiger partial charge is 0.261 e. The Morgan fingerprint density at radius 2 is 1.94 bits per heavy atom. The Balaban J connectivity index is 1.21. The van der Waals surface area contributed by atoms with Crippen LogP contribution < -0.4 is 15.6 Å². The molecule has 2 aromatic heterocycles. The number of hydrogen-bond donors (Lipinski definition) is 1. The quantitative estimate of drug-likeness (QED) is 0.492. The van der Waals surface area contributed by atoms with Crippen LogP contribution in [-0.4, -0.2) is 33.6 Å². The zero-order chi connectivity index (χ0) is 21.5. The van der Waals surface area contributed by atoms with Crippen molar-refractivity contribution in [2.24, 2.45) is 0 Å². The summed E-state index contributed by atoms with van der Waals surface area (Å²) in [6, 6.07) is 16.7. The molecule has 154 valence electrons. The molecule has 7 heteroatoms. The van der Waals surface area contributed by atoms with Gasteiger partial charge in [0.25, 0.3) is 5.56 Å². The highest BCUT2D eigenvalue weighted by molar-refractivity contribution is 5.79. The minimum atomic E-state index is -0.184. The van der Waals surface area contributed by atoms with Crippen LogP contribution in [0.5, 0.6) is 5.75 Å². The molecule has 31 heavy (non-hydrogen) atoms. The van der Waals surface area contributed by atoms with E-state index in [9.17, 15) is 9.59 Å². The molecule has 0 fully saturated rings. The van der Waals surface area contributed by atoms with Crippen LogP contribution in [0.2, 0.25) is 0 Å². The molecule has 0 aliphatic heterocycles. The van der Waals surface area contributed by atoms with Crippen LogP contribution in [0, 0.1) is 11.8 Å². The van der Waals surface area contributed by atoms with E-state index >= 15 is 0 Å². The van der Waals surface area contributed by atoms with Crippen molar-refractivity contribution in [3.63, 3.8) is 0 Å². The van der Waals surface area contributed by atoms with Crippen LogP contribution >= 0.6 is 0 Å². The number of aromatic nitrogens is 3. The Morgan fingerprint density at radius 1 is 1.03 bits per heavy atom. The molecule has 0 atom stereocenters. The van der Waals surface area contributed by atoms with Gasteiger partial charge in [0, 0.05) is 30.6 Å². The Bertz CT molecular complexity index is 1350. The lowest BCUT2D eigenvalue weighted by Crippen LogP contribution is -2.27. The van der Waals surface area contributed by atoms with Crippen molar-refractivity contribution in [1.82, 2.24) is 19.9 Å². The summed E-state index contributed by atoms with van der Waals surface area (Å²) in [6.07, 6.45) is 3.38. The number of benzene rings is 2. The number of amides is 1. The maximum Gasteiger partial charge on any atom is 0.261 e. The standard InChI is InChI=1S/C24H20N4O3/c29-23(11-14-28-17-27-21-8-2-1-7-20(21)24(28)30)26-12-3-4-15-31-19-10-9-18-6-5-13-25-22(18)16-19/h1-2,5-10,13,16-17H,11-12,14-15H2,(H,26,29). The lowest BCUT2D eigenvalue weighted by Gasteiger charge is -2.06. The maximum atomic E-state index is 12.4. The molecule has 0 unspecified atom stereocenters. The van der Waals surface area contributed by atoms with Crippen LogP contribution in [0.25, 0.3) is 21.8 Å². The number of aryl methyl sites for hydroxylation is 1. The molecule has 1 amide bonds. The van der Waals surface area contributed by atoms with Gasteiger partial charge in [-0.1, -0.05) is 30.0 Å². The van der Waals surface area contributed by atoms with E-state index in [4.69, 9.17) is 4.74 Å². The van der Waals surface area contributed by atoms with Crippen LogP contribution in [-0.2, 0) is 11.3 Å². The fourth-order valence-electron chi connectivity index (χ4n) is 3.09. The number of nitrogens with zero attached hydrogens (tertiary/aromatic N) is 3. The zero-order valence-corrected chi connectivity index (χ0v) is 16.7. The minimum Gasteiger partial charge on any atom is -0.481 e. The average Bonchev–Trinajstić information content (AvgIpc) is 2.81. The molecule has 0 bridgehead atoms. The second-order valence-electron chi connectivity index (χ2n) is 6.79. The Morgan fingerprint density at radius 3 is 2.87 bits per heavy atom. The fraction of sp³-hybridized carbons (Fsp3) is 0.167. The third kappa shape index (κ3) is 5.06. The molecule has 0 saturated carbocycles. The van der Waals surface area contributed by atoms with Crippen LogP contribution in [0.4, 0.5) is 0 Å². The van der Waals surface area contributed by atoms with Gasteiger partial charge < -0.3 is 10.1 Å². The number of nitrogens with one attached hydrogen (secondary N) is 1. The second-order valence-corrected chi connectivity index (χ2v) is 6.79. The highest BCUT2D eigenvalue weighted by Crippen LogP contribution is 2.18. The van der Waals surface area contributed by atoms with E-state index in [-0.39, 0.29) is 37.6 Å². The number of carbonyl (C=O) groups excluding carboxylic acids is 1. The third-order valence-corrected chi connectivity index (χ3v) is 4.70. The zero-order valence-electron chi connectivity index (χ0n) is 16.7. The van der Waals surface area contributed by atoms with Crippen LogP contribution in [0.1, 0.15) is 6.42 Å². The van der Waals surface area contributed by atoms with Gasteiger partial charge in [-0.25, -0.2) is 4.98 Å². The van der Waals surface area contributed by atoms with Gasteiger partial charge in [0.15, 0.2) is 0 Å². The molecule has 4 rings (SSSR count). The van der Waals surface area contributed by atoms with Crippen molar-refractivity contribution in [2.45, 2.75) is 13.0 Å². The first-order valence-corrected chi connectivity index (χ1v) is 9.85. The molecular formula is C24H20N4O3.